The second-order valence-electron chi connectivity index (χ2n) is 7.89. The predicted molar refractivity (Wildman–Crippen MR) is 111 cm³/mol. The molecule has 1 aromatic heterocycles. The van der Waals surface area contributed by atoms with Gasteiger partial charge in [-0.1, -0.05) is 12.1 Å². The molecule has 1 aromatic carbocycles. The van der Waals surface area contributed by atoms with E-state index in [-0.39, 0.29) is 17.9 Å². The molecular weight excluding hydrogens is 382 g/mol. The van der Waals surface area contributed by atoms with Gasteiger partial charge in [-0.3, -0.25) is 14.6 Å². The number of para-hydroxylation sites is 1. The molecule has 30 heavy (non-hydrogen) atoms. The van der Waals surface area contributed by atoms with Gasteiger partial charge in [0.25, 0.3) is 11.8 Å². The van der Waals surface area contributed by atoms with Crippen LogP contribution in [0.4, 0.5) is 0 Å². The van der Waals surface area contributed by atoms with Gasteiger partial charge in [-0.25, -0.2) is 0 Å². The summed E-state index contributed by atoms with van der Waals surface area (Å²) in [6, 6.07) is 10.8. The highest BCUT2D eigenvalue weighted by Crippen LogP contribution is 2.26. The molecule has 0 saturated carbocycles. The van der Waals surface area contributed by atoms with Gasteiger partial charge in [0.15, 0.2) is 0 Å². The van der Waals surface area contributed by atoms with Gasteiger partial charge in [-0.05, 0) is 37.1 Å². The summed E-state index contributed by atoms with van der Waals surface area (Å²) < 4.78 is 6.20. The first-order chi connectivity index (χ1) is 14.6. The number of rotatable bonds is 4. The Morgan fingerprint density at radius 2 is 1.77 bits per heavy atom. The van der Waals surface area contributed by atoms with Gasteiger partial charge in [0, 0.05) is 51.4 Å². The van der Waals surface area contributed by atoms with Crippen LogP contribution in [0.3, 0.4) is 0 Å². The van der Waals surface area contributed by atoms with Gasteiger partial charge in [0.05, 0.1) is 17.2 Å². The zero-order valence-corrected chi connectivity index (χ0v) is 16.9. The van der Waals surface area contributed by atoms with Crippen molar-refractivity contribution in [3.05, 3.63) is 59.9 Å². The van der Waals surface area contributed by atoms with Crippen LogP contribution < -0.4 is 4.74 Å². The molecule has 2 aliphatic rings. The average molecular weight is 409 g/mol. The number of aromatic nitrogens is 1. The molecule has 2 amide bonds. The van der Waals surface area contributed by atoms with Crippen molar-refractivity contribution in [3.8, 4) is 5.75 Å². The van der Waals surface area contributed by atoms with Gasteiger partial charge in [-0.15, -0.1) is 0 Å². The number of pyridine rings is 1. The maximum Gasteiger partial charge on any atom is 0.257 e. The molecule has 2 aromatic rings. The van der Waals surface area contributed by atoms with Crippen LogP contribution in [-0.4, -0.2) is 70.1 Å². The normalized spacial score (nSPS) is 20.1. The summed E-state index contributed by atoms with van der Waals surface area (Å²) in [5.74, 6) is 0.453. The number of ether oxygens (including phenoxy) is 1. The fourth-order valence-corrected chi connectivity index (χ4v) is 4.08. The average Bonchev–Trinajstić information content (AvgIpc) is 2.79. The van der Waals surface area contributed by atoms with E-state index in [2.05, 4.69) is 4.98 Å². The standard InChI is InChI=1S/C23H27N3O4/c27-18-6-4-12-26(16-18)23(29)20-7-1-2-8-21(20)30-19-9-13-25(14-10-19)22(28)17-5-3-11-24-15-17/h1-3,5,7-8,11,15,18-19,27H,4,6,9-10,12-14,16H2/t18-/m1/s1. The highest BCUT2D eigenvalue weighted by molar-refractivity contribution is 5.97. The van der Waals surface area contributed by atoms with Crippen LogP contribution in [-0.2, 0) is 0 Å². The Balaban J connectivity index is 1.38. The van der Waals surface area contributed by atoms with E-state index < -0.39 is 6.10 Å². The van der Waals surface area contributed by atoms with Crippen LogP contribution >= 0.6 is 0 Å². The summed E-state index contributed by atoms with van der Waals surface area (Å²) >= 11 is 0. The fraction of sp³-hybridized carbons (Fsp3) is 0.435. The Kier molecular flexibility index (Phi) is 6.28. The first-order valence-electron chi connectivity index (χ1n) is 10.5. The van der Waals surface area contributed by atoms with E-state index in [1.54, 1.807) is 35.5 Å². The summed E-state index contributed by atoms with van der Waals surface area (Å²) in [7, 11) is 0. The fourth-order valence-electron chi connectivity index (χ4n) is 4.08. The van der Waals surface area contributed by atoms with E-state index in [1.807, 2.05) is 23.1 Å². The molecule has 2 aliphatic heterocycles. The number of aliphatic hydroxyl groups is 1. The van der Waals surface area contributed by atoms with Crippen molar-refractivity contribution in [3.63, 3.8) is 0 Å². The van der Waals surface area contributed by atoms with Crippen molar-refractivity contribution in [1.29, 1.82) is 0 Å². The number of piperidine rings is 2. The van der Waals surface area contributed by atoms with Crippen LogP contribution in [0.5, 0.6) is 5.75 Å². The predicted octanol–water partition coefficient (Wildman–Crippen LogP) is 2.36. The lowest BCUT2D eigenvalue weighted by atomic mass is 10.0. The van der Waals surface area contributed by atoms with Gasteiger partial charge in [0.1, 0.15) is 11.9 Å². The molecule has 0 radical (unpaired) electrons. The van der Waals surface area contributed by atoms with Gasteiger partial charge in [-0.2, -0.15) is 0 Å². The van der Waals surface area contributed by atoms with Crippen molar-refractivity contribution < 1.29 is 19.4 Å². The number of likely N-dealkylation sites (tertiary alicyclic amines) is 2. The van der Waals surface area contributed by atoms with Crippen molar-refractivity contribution in [2.45, 2.75) is 37.9 Å². The topological polar surface area (TPSA) is 83.0 Å². The number of hydrogen-bond donors (Lipinski definition) is 1. The molecule has 1 atom stereocenters. The van der Waals surface area contributed by atoms with E-state index in [0.29, 0.717) is 55.9 Å². The molecular formula is C23H27N3O4. The molecule has 3 heterocycles. The van der Waals surface area contributed by atoms with Crippen LogP contribution in [0.25, 0.3) is 0 Å². The number of carbonyl (C=O) groups is 2. The lowest BCUT2D eigenvalue weighted by Crippen LogP contribution is -2.43. The van der Waals surface area contributed by atoms with E-state index in [0.717, 1.165) is 12.8 Å². The third-order valence-corrected chi connectivity index (χ3v) is 5.73. The maximum absolute atomic E-state index is 13.0. The quantitative estimate of drug-likeness (QED) is 0.838. The number of hydrogen-bond acceptors (Lipinski definition) is 5. The van der Waals surface area contributed by atoms with Crippen molar-refractivity contribution >= 4 is 11.8 Å². The minimum atomic E-state index is -0.461. The number of amides is 2. The maximum atomic E-state index is 13.0. The summed E-state index contributed by atoms with van der Waals surface area (Å²) in [5, 5.41) is 9.90. The number of carbonyl (C=O) groups excluding carboxylic acids is 2. The van der Waals surface area contributed by atoms with Gasteiger partial charge in [0.2, 0.25) is 0 Å². The lowest BCUT2D eigenvalue weighted by molar-refractivity contribution is 0.0462. The van der Waals surface area contributed by atoms with Crippen LogP contribution in [0, 0.1) is 0 Å². The number of benzene rings is 1. The smallest absolute Gasteiger partial charge is 0.257 e. The summed E-state index contributed by atoms with van der Waals surface area (Å²) in [4.78, 5) is 33.1. The largest absolute Gasteiger partial charge is 0.489 e. The molecule has 0 unspecified atom stereocenters. The highest BCUT2D eigenvalue weighted by atomic mass is 16.5. The first kappa shape index (κ1) is 20.3. The third-order valence-electron chi connectivity index (χ3n) is 5.73. The number of aliphatic hydroxyl groups excluding tert-OH is 1. The molecule has 2 fully saturated rings. The molecule has 2 saturated heterocycles. The van der Waals surface area contributed by atoms with E-state index in [9.17, 15) is 14.7 Å². The zero-order valence-electron chi connectivity index (χ0n) is 16.9. The highest BCUT2D eigenvalue weighted by Gasteiger charge is 2.28. The Hall–Kier alpha value is -2.93. The Morgan fingerprint density at radius 3 is 2.50 bits per heavy atom. The SMILES string of the molecule is O=C(c1cccnc1)N1CCC(Oc2ccccc2C(=O)N2CCC[C@@H](O)C2)CC1. The van der Waals surface area contributed by atoms with Crippen LogP contribution in [0.15, 0.2) is 48.8 Å². The molecule has 0 bridgehead atoms. The summed E-state index contributed by atoms with van der Waals surface area (Å²) in [6.07, 6.45) is 5.68. The molecule has 0 spiro atoms. The second-order valence-corrected chi connectivity index (χ2v) is 7.89. The molecule has 0 aliphatic carbocycles. The van der Waals surface area contributed by atoms with Gasteiger partial charge < -0.3 is 19.6 Å². The molecule has 1 N–H and O–H groups in total. The Morgan fingerprint density at radius 1 is 0.967 bits per heavy atom. The monoisotopic (exact) mass is 409 g/mol. The Labute approximate surface area is 176 Å². The molecule has 7 heteroatoms. The molecule has 7 nitrogen and oxygen atoms in total. The third kappa shape index (κ3) is 4.62. The number of β-amino-alcohol motifs (C(OH)–C–C–N with tert-alkyl or cyclic N) is 1. The minimum Gasteiger partial charge on any atom is -0.489 e. The Bertz CT molecular complexity index is 881. The number of nitrogens with zero attached hydrogens (tertiary/aromatic N) is 3. The summed E-state index contributed by atoms with van der Waals surface area (Å²) in [6.45, 7) is 2.22. The summed E-state index contributed by atoms with van der Waals surface area (Å²) in [5.41, 5.74) is 1.12. The van der Waals surface area contributed by atoms with Crippen LogP contribution in [0.2, 0.25) is 0 Å². The van der Waals surface area contributed by atoms with Crippen molar-refractivity contribution in [2.24, 2.45) is 0 Å². The zero-order chi connectivity index (χ0) is 20.9. The van der Waals surface area contributed by atoms with Crippen molar-refractivity contribution in [1.82, 2.24) is 14.8 Å². The minimum absolute atomic E-state index is 0.0132. The lowest BCUT2D eigenvalue weighted by Gasteiger charge is -2.33. The van der Waals surface area contributed by atoms with E-state index >= 15 is 0 Å². The van der Waals surface area contributed by atoms with Gasteiger partial charge >= 0.3 is 0 Å². The first-order valence-corrected chi connectivity index (χ1v) is 10.5. The molecule has 4 rings (SSSR count). The molecule has 158 valence electrons. The second kappa shape index (κ2) is 9.26. The van der Waals surface area contributed by atoms with Crippen molar-refractivity contribution in [2.75, 3.05) is 26.2 Å². The van der Waals surface area contributed by atoms with E-state index in [4.69, 9.17) is 4.74 Å². The van der Waals surface area contributed by atoms with Crippen LogP contribution in [0.1, 0.15) is 46.4 Å². The van der Waals surface area contributed by atoms with E-state index in [1.165, 1.54) is 0 Å².